The molecule has 0 amide bonds. The van der Waals surface area contributed by atoms with Crippen molar-refractivity contribution in [3.63, 3.8) is 0 Å². The van der Waals surface area contributed by atoms with Crippen LogP contribution in [0.3, 0.4) is 0 Å². The summed E-state index contributed by atoms with van der Waals surface area (Å²) < 4.78 is 20.9. The smallest absolute Gasteiger partial charge is 0.272 e. The zero-order valence-electron chi connectivity index (χ0n) is 14.6. The normalized spacial score (nSPS) is 12.8. The van der Waals surface area contributed by atoms with Crippen LogP contribution in [0.5, 0.6) is 5.75 Å². The molecule has 0 unspecified atom stereocenters. The molecule has 0 N–H and O–H groups in total. The molecule has 138 valence electrons. The Hall–Kier alpha value is -2.25. The quantitative estimate of drug-likeness (QED) is 0.471. The van der Waals surface area contributed by atoms with Gasteiger partial charge in [0, 0.05) is 24.0 Å². The van der Waals surface area contributed by atoms with Gasteiger partial charge < -0.3 is 4.74 Å². The largest absolute Gasteiger partial charge is 0.497 e. The minimum atomic E-state index is -0.253. The molecule has 1 aliphatic heterocycles. The first-order chi connectivity index (χ1) is 13.2. The Balaban J connectivity index is 1.79. The number of hydrogen-bond acceptors (Lipinski definition) is 5. The molecule has 0 saturated heterocycles. The van der Waals surface area contributed by atoms with Gasteiger partial charge in [-0.15, -0.1) is 11.8 Å². The van der Waals surface area contributed by atoms with E-state index in [9.17, 15) is 9.18 Å². The summed E-state index contributed by atoms with van der Waals surface area (Å²) in [5.74, 6) is 1.67. The number of hydrogen-bond donors (Lipinski definition) is 0. The molecule has 0 bridgehead atoms. The number of methoxy groups -OCH3 is 1. The number of benzene rings is 2. The molecule has 3 aromatic rings. The summed E-state index contributed by atoms with van der Waals surface area (Å²) in [6.07, 6.45) is 0.779. The molecule has 1 aromatic heterocycles. The zero-order valence-corrected chi connectivity index (χ0v) is 16.3. The van der Waals surface area contributed by atoms with Crippen LogP contribution in [0, 0.1) is 5.82 Å². The van der Waals surface area contributed by atoms with E-state index in [0.29, 0.717) is 32.8 Å². The van der Waals surface area contributed by atoms with Crippen molar-refractivity contribution in [2.45, 2.75) is 22.2 Å². The van der Waals surface area contributed by atoms with E-state index in [1.54, 1.807) is 41.6 Å². The highest BCUT2D eigenvalue weighted by Crippen LogP contribution is 2.31. The van der Waals surface area contributed by atoms with Crippen LogP contribution in [0.1, 0.15) is 11.3 Å². The molecule has 1 aliphatic rings. The molecule has 0 radical (unpaired) electrons. The predicted molar refractivity (Wildman–Crippen MR) is 107 cm³/mol. The first-order valence-corrected chi connectivity index (χ1v) is 10.4. The van der Waals surface area contributed by atoms with Crippen LogP contribution < -0.4 is 10.3 Å². The monoisotopic (exact) mass is 400 g/mol. The molecule has 4 rings (SSSR count). The molecule has 0 saturated carbocycles. The van der Waals surface area contributed by atoms with Crippen molar-refractivity contribution in [3.8, 4) is 11.4 Å². The average Bonchev–Trinajstić information content (AvgIpc) is 3.16. The summed E-state index contributed by atoms with van der Waals surface area (Å²) in [5, 5.41) is 0.567. The Bertz CT molecular complexity index is 1050. The molecule has 27 heavy (non-hydrogen) atoms. The average molecular weight is 401 g/mol. The molecule has 0 atom stereocenters. The van der Waals surface area contributed by atoms with Crippen molar-refractivity contribution in [3.05, 3.63) is 76.0 Å². The molecular weight excluding hydrogens is 383 g/mol. The number of thioether (sulfide) groups is 2. The summed E-state index contributed by atoms with van der Waals surface area (Å²) in [6.45, 7) is 0. The minimum absolute atomic E-state index is 0.0770. The number of halogens is 1. The van der Waals surface area contributed by atoms with Crippen LogP contribution in [-0.2, 0) is 12.2 Å². The third-order valence-electron chi connectivity index (χ3n) is 4.29. The number of fused-ring (bicyclic) bond motifs is 1. The van der Waals surface area contributed by atoms with E-state index in [1.807, 2.05) is 24.3 Å². The zero-order chi connectivity index (χ0) is 18.8. The summed E-state index contributed by atoms with van der Waals surface area (Å²) in [6, 6.07) is 14.0. The van der Waals surface area contributed by atoms with E-state index in [0.717, 1.165) is 17.9 Å². The van der Waals surface area contributed by atoms with Crippen molar-refractivity contribution in [2.75, 3.05) is 12.9 Å². The van der Waals surface area contributed by atoms with Crippen LogP contribution in [0.25, 0.3) is 5.69 Å². The number of rotatable bonds is 5. The molecule has 2 aromatic carbocycles. The summed E-state index contributed by atoms with van der Waals surface area (Å²) in [7, 11) is 1.59. The van der Waals surface area contributed by atoms with Gasteiger partial charge in [0.15, 0.2) is 5.16 Å². The minimum Gasteiger partial charge on any atom is -0.497 e. The molecule has 4 nitrogen and oxygen atoms in total. The maximum absolute atomic E-state index is 14.0. The van der Waals surface area contributed by atoms with Crippen molar-refractivity contribution in [2.24, 2.45) is 0 Å². The highest BCUT2D eigenvalue weighted by molar-refractivity contribution is 7.99. The van der Waals surface area contributed by atoms with Gasteiger partial charge in [0.1, 0.15) is 11.6 Å². The second kappa shape index (κ2) is 7.78. The molecular formula is C20H17FN2O2S2. The van der Waals surface area contributed by atoms with Gasteiger partial charge in [0.25, 0.3) is 5.56 Å². The maximum atomic E-state index is 14.0. The summed E-state index contributed by atoms with van der Waals surface area (Å²) in [4.78, 5) is 18.6. The number of aromatic nitrogens is 2. The Kier molecular flexibility index (Phi) is 5.22. The Labute approximate surface area is 164 Å². The summed E-state index contributed by atoms with van der Waals surface area (Å²) >= 11 is 2.91. The number of ether oxygens (including phenoxy) is 1. The highest BCUT2D eigenvalue weighted by Gasteiger charge is 2.23. The molecule has 2 heterocycles. The van der Waals surface area contributed by atoms with Crippen molar-refractivity contribution in [1.82, 2.24) is 9.55 Å². The summed E-state index contributed by atoms with van der Waals surface area (Å²) in [5.41, 5.74) is 2.04. The second-order valence-corrected chi connectivity index (χ2v) is 8.04. The molecule has 0 spiro atoms. The van der Waals surface area contributed by atoms with Crippen molar-refractivity contribution >= 4 is 23.5 Å². The highest BCUT2D eigenvalue weighted by atomic mass is 32.2. The van der Waals surface area contributed by atoms with Gasteiger partial charge in [-0.3, -0.25) is 9.36 Å². The van der Waals surface area contributed by atoms with Gasteiger partial charge in [0.2, 0.25) is 0 Å². The first kappa shape index (κ1) is 18.1. The third-order valence-corrected chi connectivity index (χ3v) is 6.39. The fraction of sp³-hybridized carbons (Fsp3) is 0.200. The third kappa shape index (κ3) is 3.61. The predicted octanol–water partition coefficient (Wildman–Crippen LogP) is 4.32. The van der Waals surface area contributed by atoms with E-state index < -0.39 is 0 Å². The van der Waals surface area contributed by atoms with Crippen molar-refractivity contribution < 1.29 is 9.13 Å². The van der Waals surface area contributed by atoms with E-state index in [2.05, 4.69) is 0 Å². The topological polar surface area (TPSA) is 44.1 Å². The van der Waals surface area contributed by atoms with Crippen LogP contribution >= 0.6 is 23.5 Å². The van der Waals surface area contributed by atoms with E-state index in [1.165, 1.54) is 17.8 Å². The lowest BCUT2D eigenvalue weighted by Gasteiger charge is -2.14. The van der Waals surface area contributed by atoms with Crippen LogP contribution in [0.15, 0.2) is 63.4 Å². The lowest BCUT2D eigenvalue weighted by Crippen LogP contribution is -2.23. The van der Waals surface area contributed by atoms with Gasteiger partial charge in [-0.25, -0.2) is 9.37 Å². The molecule has 0 aliphatic carbocycles. The standard InChI is InChI=1S/C20H17FN2O2S2/c1-25-15-7-4-6-14(11-15)23-19(24)18-17(9-10-26-18)22-20(23)27-12-13-5-2-3-8-16(13)21/h2-8,11H,9-10,12H2,1H3. The van der Waals surface area contributed by atoms with Gasteiger partial charge in [-0.1, -0.05) is 36.0 Å². The Morgan fingerprint density at radius 2 is 2.11 bits per heavy atom. The number of nitrogens with zero attached hydrogens (tertiary/aromatic N) is 2. The fourth-order valence-corrected chi connectivity index (χ4v) is 4.96. The molecule has 0 fully saturated rings. The van der Waals surface area contributed by atoms with Gasteiger partial charge >= 0.3 is 0 Å². The van der Waals surface area contributed by atoms with Crippen LogP contribution in [-0.4, -0.2) is 22.4 Å². The second-order valence-electron chi connectivity index (χ2n) is 5.99. The van der Waals surface area contributed by atoms with Gasteiger partial charge in [0.05, 0.1) is 23.4 Å². The van der Waals surface area contributed by atoms with E-state index >= 15 is 0 Å². The maximum Gasteiger partial charge on any atom is 0.272 e. The Morgan fingerprint density at radius 3 is 2.93 bits per heavy atom. The van der Waals surface area contributed by atoms with E-state index in [4.69, 9.17) is 9.72 Å². The fourth-order valence-electron chi connectivity index (χ4n) is 2.92. The Morgan fingerprint density at radius 1 is 1.26 bits per heavy atom. The van der Waals surface area contributed by atoms with Crippen LogP contribution in [0.4, 0.5) is 4.39 Å². The molecule has 7 heteroatoms. The van der Waals surface area contributed by atoms with Gasteiger partial charge in [-0.05, 0) is 23.8 Å². The SMILES string of the molecule is COc1cccc(-n2c(SCc3ccccc3F)nc3c(c2=O)SCC3)c1. The van der Waals surface area contributed by atoms with E-state index in [-0.39, 0.29) is 11.4 Å². The van der Waals surface area contributed by atoms with Crippen LogP contribution in [0.2, 0.25) is 0 Å². The van der Waals surface area contributed by atoms with Crippen molar-refractivity contribution in [1.29, 1.82) is 0 Å². The van der Waals surface area contributed by atoms with Gasteiger partial charge in [-0.2, -0.15) is 0 Å². The number of aryl methyl sites for hydroxylation is 1. The lowest BCUT2D eigenvalue weighted by atomic mass is 10.2. The first-order valence-electron chi connectivity index (χ1n) is 8.46. The lowest BCUT2D eigenvalue weighted by molar-refractivity contribution is 0.414.